The van der Waals surface area contributed by atoms with Gasteiger partial charge in [0.05, 0.1) is 18.2 Å². The van der Waals surface area contributed by atoms with E-state index in [2.05, 4.69) is 21.7 Å². The Morgan fingerprint density at radius 2 is 1.96 bits per heavy atom. The molecular formula is C19H22N4O. The lowest BCUT2D eigenvalue weighted by Gasteiger charge is -2.18. The molecule has 0 spiro atoms. The molecule has 2 aromatic carbocycles. The first-order chi connectivity index (χ1) is 11.8. The van der Waals surface area contributed by atoms with Gasteiger partial charge in [-0.3, -0.25) is 4.99 Å². The first kappa shape index (κ1) is 17.5. The second kappa shape index (κ2) is 9.33. The zero-order valence-corrected chi connectivity index (χ0v) is 13.7. The largest absolute Gasteiger partial charge is 0.396 e. The molecule has 1 atom stereocenters. The van der Waals surface area contributed by atoms with E-state index >= 15 is 0 Å². The topological polar surface area (TPSA) is 80.4 Å². The highest BCUT2D eigenvalue weighted by Gasteiger charge is 2.10. The Labute approximate surface area is 142 Å². The van der Waals surface area contributed by atoms with Crippen LogP contribution in [0.5, 0.6) is 0 Å². The van der Waals surface area contributed by atoms with E-state index in [-0.39, 0.29) is 12.5 Å². The van der Waals surface area contributed by atoms with E-state index in [1.165, 1.54) is 0 Å². The first-order valence-electron chi connectivity index (χ1n) is 7.86. The van der Waals surface area contributed by atoms with Crippen LogP contribution in [0.1, 0.15) is 22.6 Å². The van der Waals surface area contributed by atoms with Gasteiger partial charge in [0.2, 0.25) is 0 Å². The number of aliphatic hydroxyl groups is 1. The van der Waals surface area contributed by atoms with Crippen molar-refractivity contribution in [3.05, 3.63) is 71.3 Å². The molecule has 0 fully saturated rings. The molecule has 5 nitrogen and oxygen atoms in total. The molecule has 0 aromatic heterocycles. The molecule has 0 radical (unpaired) electrons. The SMILES string of the molecule is CN=C(NCc1cccc(C#N)c1)NCC(CO)c1ccccc1. The summed E-state index contributed by atoms with van der Waals surface area (Å²) in [5.41, 5.74) is 2.74. The van der Waals surface area contributed by atoms with Crippen LogP contribution < -0.4 is 10.6 Å². The third-order valence-corrected chi connectivity index (χ3v) is 3.75. The molecule has 2 aromatic rings. The molecule has 0 heterocycles. The van der Waals surface area contributed by atoms with Crippen molar-refractivity contribution >= 4 is 5.96 Å². The summed E-state index contributed by atoms with van der Waals surface area (Å²) in [7, 11) is 1.71. The van der Waals surface area contributed by atoms with Gasteiger partial charge in [0.25, 0.3) is 0 Å². The maximum atomic E-state index is 9.60. The number of nitrogens with zero attached hydrogens (tertiary/aromatic N) is 2. The molecule has 124 valence electrons. The van der Waals surface area contributed by atoms with Gasteiger partial charge >= 0.3 is 0 Å². The highest BCUT2D eigenvalue weighted by atomic mass is 16.3. The van der Waals surface area contributed by atoms with Gasteiger partial charge < -0.3 is 15.7 Å². The van der Waals surface area contributed by atoms with Crippen LogP contribution in [-0.4, -0.2) is 31.3 Å². The number of benzene rings is 2. The maximum absolute atomic E-state index is 9.60. The van der Waals surface area contributed by atoms with Gasteiger partial charge in [-0.05, 0) is 23.3 Å². The number of nitrogens with one attached hydrogen (secondary N) is 2. The number of nitriles is 1. The molecule has 0 aliphatic rings. The van der Waals surface area contributed by atoms with Crippen LogP contribution in [0.25, 0.3) is 0 Å². The van der Waals surface area contributed by atoms with Crippen molar-refractivity contribution in [3.8, 4) is 6.07 Å². The zero-order chi connectivity index (χ0) is 17.2. The number of aliphatic hydroxyl groups excluding tert-OH is 1. The summed E-state index contributed by atoms with van der Waals surface area (Å²) in [5.74, 6) is 0.665. The molecule has 1 unspecified atom stereocenters. The third-order valence-electron chi connectivity index (χ3n) is 3.75. The second-order valence-electron chi connectivity index (χ2n) is 5.41. The molecule has 5 heteroatoms. The van der Waals surface area contributed by atoms with Gasteiger partial charge in [-0.25, -0.2) is 0 Å². The highest BCUT2D eigenvalue weighted by Crippen LogP contribution is 2.13. The average Bonchev–Trinajstić information content (AvgIpc) is 2.65. The Morgan fingerprint density at radius 3 is 2.62 bits per heavy atom. The van der Waals surface area contributed by atoms with E-state index in [1.54, 1.807) is 13.1 Å². The molecule has 0 aliphatic carbocycles. The number of aliphatic imine (C=N–C) groups is 1. The fraction of sp³-hybridized carbons (Fsp3) is 0.263. The van der Waals surface area contributed by atoms with Crippen LogP contribution in [0.15, 0.2) is 59.6 Å². The van der Waals surface area contributed by atoms with E-state index in [9.17, 15) is 5.11 Å². The second-order valence-corrected chi connectivity index (χ2v) is 5.41. The van der Waals surface area contributed by atoms with Crippen LogP contribution in [0.4, 0.5) is 0 Å². The van der Waals surface area contributed by atoms with Crippen molar-refractivity contribution in [2.75, 3.05) is 20.2 Å². The Balaban J connectivity index is 1.89. The van der Waals surface area contributed by atoms with E-state index < -0.39 is 0 Å². The molecule has 0 saturated heterocycles. The average molecular weight is 322 g/mol. The van der Waals surface area contributed by atoms with Crippen molar-refractivity contribution in [2.45, 2.75) is 12.5 Å². The van der Waals surface area contributed by atoms with Crippen LogP contribution in [0.2, 0.25) is 0 Å². The first-order valence-corrected chi connectivity index (χ1v) is 7.86. The lowest BCUT2D eigenvalue weighted by atomic mass is 10.0. The monoisotopic (exact) mass is 322 g/mol. The van der Waals surface area contributed by atoms with E-state index in [1.807, 2.05) is 48.5 Å². The van der Waals surface area contributed by atoms with Gasteiger partial charge in [0.15, 0.2) is 5.96 Å². The van der Waals surface area contributed by atoms with Gasteiger partial charge in [0.1, 0.15) is 0 Å². The third kappa shape index (κ3) is 5.11. The molecule has 0 saturated carbocycles. The minimum atomic E-state index is 0.00617. The van der Waals surface area contributed by atoms with E-state index in [0.717, 1.165) is 11.1 Å². The zero-order valence-electron chi connectivity index (χ0n) is 13.7. The van der Waals surface area contributed by atoms with Gasteiger partial charge in [0, 0.05) is 26.1 Å². The summed E-state index contributed by atoms with van der Waals surface area (Å²) in [6.45, 7) is 1.22. The number of guanidine groups is 1. The minimum Gasteiger partial charge on any atom is -0.396 e. The summed E-state index contributed by atoms with van der Waals surface area (Å²) in [6.07, 6.45) is 0. The summed E-state index contributed by atoms with van der Waals surface area (Å²) in [6, 6.07) is 19.5. The quantitative estimate of drug-likeness (QED) is 0.561. The smallest absolute Gasteiger partial charge is 0.191 e. The van der Waals surface area contributed by atoms with Crippen molar-refractivity contribution in [3.63, 3.8) is 0 Å². The van der Waals surface area contributed by atoms with Crippen LogP contribution in [-0.2, 0) is 6.54 Å². The molecule has 0 bridgehead atoms. The Hall–Kier alpha value is -2.84. The molecular weight excluding hydrogens is 300 g/mol. The number of hydrogen-bond donors (Lipinski definition) is 3. The van der Waals surface area contributed by atoms with Crippen LogP contribution in [0, 0.1) is 11.3 Å². The summed E-state index contributed by atoms with van der Waals surface area (Å²) >= 11 is 0. The molecule has 0 amide bonds. The predicted octanol–water partition coefficient (Wildman–Crippen LogP) is 2.00. The molecule has 24 heavy (non-hydrogen) atoms. The molecule has 0 aliphatic heterocycles. The fourth-order valence-electron chi connectivity index (χ4n) is 2.39. The Morgan fingerprint density at radius 1 is 1.17 bits per heavy atom. The van der Waals surface area contributed by atoms with Crippen molar-refractivity contribution < 1.29 is 5.11 Å². The van der Waals surface area contributed by atoms with Gasteiger partial charge in [-0.15, -0.1) is 0 Å². The number of hydrogen-bond acceptors (Lipinski definition) is 3. The van der Waals surface area contributed by atoms with Gasteiger partial charge in [-0.2, -0.15) is 5.26 Å². The summed E-state index contributed by atoms with van der Waals surface area (Å²) < 4.78 is 0. The standard InChI is InChI=1S/C19H22N4O/c1-21-19(22-12-16-7-5-6-15(10-16)11-20)23-13-18(14-24)17-8-3-2-4-9-17/h2-10,18,24H,12-14H2,1H3,(H2,21,22,23). The lowest BCUT2D eigenvalue weighted by Crippen LogP contribution is -2.39. The Kier molecular flexibility index (Phi) is 6.81. The Bertz CT molecular complexity index is 707. The summed E-state index contributed by atoms with van der Waals surface area (Å²) in [4.78, 5) is 4.19. The van der Waals surface area contributed by atoms with E-state index in [0.29, 0.717) is 24.6 Å². The maximum Gasteiger partial charge on any atom is 0.191 e. The number of rotatable bonds is 6. The van der Waals surface area contributed by atoms with Crippen LogP contribution >= 0.6 is 0 Å². The van der Waals surface area contributed by atoms with Crippen molar-refractivity contribution in [2.24, 2.45) is 4.99 Å². The van der Waals surface area contributed by atoms with Gasteiger partial charge in [-0.1, -0.05) is 42.5 Å². The molecule has 2 rings (SSSR count). The predicted molar refractivity (Wildman–Crippen MR) is 95.6 cm³/mol. The fourth-order valence-corrected chi connectivity index (χ4v) is 2.39. The van der Waals surface area contributed by atoms with E-state index in [4.69, 9.17) is 5.26 Å². The van der Waals surface area contributed by atoms with Crippen molar-refractivity contribution in [1.82, 2.24) is 10.6 Å². The highest BCUT2D eigenvalue weighted by molar-refractivity contribution is 5.79. The lowest BCUT2D eigenvalue weighted by molar-refractivity contribution is 0.265. The van der Waals surface area contributed by atoms with Crippen LogP contribution in [0.3, 0.4) is 0 Å². The summed E-state index contributed by atoms with van der Waals surface area (Å²) in [5, 5.41) is 25.0. The molecule has 3 N–H and O–H groups in total. The van der Waals surface area contributed by atoms with Crippen molar-refractivity contribution in [1.29, 1.82) is 5.26 Å². The minimum absolute atomic E-state index is 0.00617. The normalized spacial score (nSPS) is 12.3.